The Morgan fingerprint density at radius 1 is 1.13 bits per heavy atom. The quantitative estimate of drug-likeness (QED) is 0.513. The average Bonchev–Trinajstić information content (AvgIpc) is 3.33. The molecule has 0 saturated carbocycles. The van der Waals surface area contributed by atoms with E-state index in [9.17, 15) is 4.79 Å². The van der Waals surface area contributed by atoms with E-state index in [1.165, 1.54) is 0 Å². The molecule has 0 aliphatic carbocycles. The van der Waals surface area contributed by atoms with Crippen molar-refractivity contribution in [2.45, 2.75) is 39.5 Å². The van der Waals surface area contributed by atoms with Crippen molar-refractivity contribution in [2.24, 2.45) is 7.05 Å². The summed E-state index contributed by atoms with van der Waals surface area (Å²) in [7, 11) is 1.99. The fourth-order valence-corrected chi connectivity index (χ4v) is 3.37. The first-order valence-electron chi connectivity index (χ1n) is 10.1. The molecule has 0 unspecified atom stereocenters. The number of aryl methyl sites for hydroxylation is 2. The number of hydrogen-bond donors (Lipinski definition) is 1. The molecule has 1 amide bonds. The van der Waals surface area contributed by atoms with Crippen molar-refractivity contribution in [3.63, 3.8) is 0 Å². The molecule has 0 aliphatic rings. The molecule has 154 valence electrons. The second-order valence-corrected chi connectivity index (χ2v) is 7.68. The predicted molar refractivity (Wildman–Crippen MR) is 116 cm³/mol. The molecule has 0 atom stereocenters. The maximum absolute atomic E-state index is 12.7. The van der Waals surface area contributed by atoms with Gasteiger partial charge in [0.25, 0.3) is 5.91 Å². The fourth-order valence-electron chi connectivity index (χ4n) is 3.37. The van der Waals surface area contributed by atoms with Gasteiger partial charge < -0.3 is 14.4 Å². The molecule has 4 aromatic rings. The standard InChI is InChI=1S/C23H25N5O2/c1-5-21-25-18-13-16(8-11-19(18)28(21)4)22(29)24-17-9-6-15(7-10-17)12-20-26-23(14(2)3)30-27-20/h6-11,13-14H,5,12H2,1-4H3,(H,24,29). The van der Waals surface area contributed by atoms with Crippen LogP contribution in [0.1, 0.15) is 60.2 Å². The zero-order valence-corrected chi connectivity index (χ0v) is 17.6. The second kappa shape index (κ2) is 8.10. The molecule has 30 heavy (non-hydrogen) atoms. The highest BCUT2D eigenvalue weighted by Gasteiger charge is 2.12. The molecule has 0 spiro atoms. The zero-order valence-electron chi connectivity index (χ0n) is 17.6. The van der Waals surface area contributed by atoms with Crippen molar-refractivity contribution in [3.05, 3.63) is 71.1 Å². The van der Waals surface area contributed by atoms with Gasteiger partial charge in [0.15, 0.2) is 5.82 Å². The Kier molecular flexibility index (Phi) is 5.35. The average molecular weight is 403 g/mol. The number of rotatable bonds is 6. The van der Waals surface area contributed by atoms with Crippen LogP contribution in [0, 0.1) is 0 Å². The Hall–Kier alpha value is -3.48. The monoisotopic (exact) mass is 403 g/mol. The second-order valence-electron chi connectivity index (χ2n) is 7.68. The molecular formula is C23H25N5O2. The van der Waals surface area contributed by atoms with Crippen LogP contribution in [0.4, 0.5) is 5.69 Å². The lowest BCUT2D eigenvalue weighted by atomic mass is 10.1. The summed E-state index contributed by atoms with van der Waals surface area (Å²) >= 11 is 0. The molecule has 0 fully saturated rings. The summed E-state index contributed by atoms with van der Waals surface area (Å²) in [6, 6.07) is 13.3. The molecule has 0 saturated heterocycles. The van der Waals surface area contributed by atoms with Gasteiger partial charge in [0.05, 0.1) is 11.0 Å². The number of nitrogens with one attached hydrogen (secondary N) is 1. The van der Waals surface area contributed by atoms with Gasteiger partial charge in [0, 0.05) is 37.1 Å². The van der Waals surface area contributed by atoms with E-state index >= 15 is 0 Å². The Balaban J connectivity index is 1.44. The fraction of sp³-hybridized carbons (Fsp3) is 0.304. The summed E-state index contributed by atoms with van der Waals surface area (Å²) in [6.45, 7) is 6.10. The van der Waals surface area contributed by atoms with E-state index in [0.717, 1.165) is 34.5 Å². The number of imidazole rings is 1. The van der Waals surface area contributed by atoms with Crippen LogP contribution in [0.25, 0.3) is 11.0 Å². The minimum absolute atomic E-state index is 0.159. The summed E-state index contributed by atoms with van der Waals surface area (Å²) in [5.74, 6) is 2.35. The van der Waals surface area contributed by atoms with Gasteiger partial charge in [0.1, 0.15) is 5.82 Å². The molecule has 7 heteroatoms. The molecular weight excluding hydrogens is 378 g/mol. The number of hydrogen-bond acceptors (Lipinski definition) is 5. The van der Waals surface area contributed by atoms with E-state index in [2.05, 4.69) is 31.9 Å². The van der Waals surface area contributed by atoms with Gasteiger partial charge in [-0.15, -0.1) is 0 Å². The Bertz CT molecular complexity index is 1190. The highest BCUT2D eigenvalue weighted by atomic mass is 16.5. The van der Waals surface area contributed by atoms with Crippen molar-refractivity contribution in [1.29, 1.82) is 0 Å². The maximum Gasteiger partial charge on any atom is 0.255 e. The molecule has 0 aliphatic heterocycles. The van der Waals surface area contributed by atoms with Gasteiger partial charge in [-0.2, -0.15) is 4.98 Å². The number of benzene rings is 2. The van der Waals surface area contributed by atoms with Gasteiger partial charge in [-0.05, 0) is 35.9 Å². The summed E-state index contributed by atoms with van der Waals surface area (Å²) < 4.78 is 7.30. The molecule has 0 bridgehead atoms. The number of aromatic nitrogens is 4. The number of fused-ring (bicyclic) bond motifs is 1. The summed E-state index contributed by atoms with van der Waals surface area (Å²) in [4.78, 5) is 21.7. The van der Waals surface area contributed by atoms with Gasteiger partial charge in [0.2, 0.25) is 5.89 Å². The SMILES string of the molecule is CCc1nc2cc(C(=O)Nc3ccc(Cc4noc(C(C)C)n4)cc3)ccc2n1C. The van der Waals surface area contributed by atoms with Gasteiger partial charge in [-0.3, -0.25) is 4.79 Å². The number of nitrogens with zero attached hydrogens (tertiary/aromatic N) is 4. The first-order valence-corrected chi connectivity index (χ1v) is 10.1. The van der Waals surface area contributed by atoms with Crippen molar-refractivity contribution < 1.29 is 9.32 Å². The molecule has 7 nitrogen and oxygen atoms in total. The van der Waals surface area contributed by atoms with E-state index in [-0.39, 0.29) is 11.8 Å². The van der Waals surface area contributed by atoms with Gasteiger partial charge >= 0.3 is 0 Å². The Labute approximate surface area is 175 Å². The molecule has 0 radical (unpaired) electrons. The van der Waals surface area contributed by atoms with Crippen LogP contribution in [0.5, 0.6) is 0 Å². The van der Waals surface area contributed by atoms with Crippen LogP contribution in [0.3, 0.4) is 0 Å². The van der Waals surface area contributed by atoms with Crippen molar-refractivity contribution in [2.75, 3.05) is 5.32 Å². The van der Waals surface area contributed by atoms with Crippen LogP contribution in [-0.2, 0) is 19.9 Å². The molecule has 1 N–H and O–H groups in total. The van der Waals surface area contributed by atoms with Crippen molar-refractivity contribution >= 4 is 22.6 Å². The van der Waals surface area contributed by atoms with Crippen LogP contribution < -0.4 is 5.32 Å². The topological polar surface area (TPSA) is 85.8 Å². The lowest BCUT2D eigenvalue weighted by Crippen LogP contribution is -2.11. The van der Waals surface area contributed by atoms with E-state index in [0.29, 0.717) is 23.7 Å². The highest BCUT2D eigenvalue weighted by Crippen LogP contribution is 2.19. The van der Waals surface area contributed by atoms with Crippen molar-refractivity contribution in [1.82, 2.24) is 19.7 Å². The largest absolute Gasteiger partial charge is 0.339 e. The number of anilines is 1. The normalized spacial score (nSPS) is 11.4. The minimum Gasteiger partial charge on any atom is -0.339 e. The molecule has 2 aromatic carbocycles. The van der Waals surface area contributed by atoms with E-state index in [1.54, 1.807) is 0 Å². The maximum atomic E-state index is 12.7. The number of amides is 1. The van der Waals surface area contributed by atoms with Gasteiger partial charge in [-0.1, -0.05) is 38.1 Å². The van der Waals surface area contributed by atoms with E-state index in [4.69, 9.17) is 4.52 Å². The predicted octanol–water partition coefficient (Wildman–Crippen LogP) is 4.49. The van der Waals surface area contributed by atoms with E-state index in [1.807, 2.05) is 63.4 Å². The zero-order chi connectivity index (χ0) is 21.3. The molecule has 4 rings (SSSR count). The van der Waals surface area contributed by atoms with Gasteiger partial charge in [-0.25, -0.2) is 4.98 Å². The molecule has 2 heterocycles. The minimum atomic E-state index is -0.159. The highest BCUT2D eigenvalue weighted by molar-refractivity contribution is 6.06. The smallest absolute Gasteiger partial charge is 0.255 e. The number of carbonyl (C=O) groups is 1. The van der Waals surface area contributed by atoms with Crippen LogP contribution in [-0.4, -0.2) is 25.6 Å². The first kappa shape index (κ1) is 19.8. The Morgan fingerprint density at radius 2 is 1.90 bits per heavy atom. The third-order valence-electron chi connectivity index (χ3n) is 5.10. The first-order chi connectivity index (χ1) is 14.4. The lowest BCUT2D eigenvalue weighted by Gasteiger charge is -2.06. The van der Waals surface area contributed by atoms with Crippen LogP contribution in [0.2, 0.25) is 0 Å². The van der Waals surface area contributed by atoms with Crippen LogP contribution >= 0.6 is 0 Å². The summed E-state index contributed by atoms with van der Waals surface area (Å²) in [5, 5.41) is 6.96. The third-order valence-corrected chi connectivity index (χ3v) is 5.10. The summed E-state index contributed by atoms with van der Waals surface area (Å²) in [5.41, 5.74) is 4.22. The third kappa shape index (κ3) is 3.96. The van der Waals surface area contributed by atoms with Crippen LogP contribution in [0.15, 0.2) is 47.0 Å². The number of carbonyl (C=O) groups excluding carboxylic acids is 1. The summed E-state index contributed by atoms with van der Waals surface area (Å²) in [6.07, 6.45) is 1.43. The Morgan fingerprint density at radius 3 is 2.57 bits per heavy atom. The molecule has 2 aromatic heterocycles. The van der Waals surface area contributed by atoms with Crippen molar-refractivity contribution in [3.8, 4) is 0 Å². The van der Waals surface area contributed by atoms with E-state index < -0.39 is 0 Å². The lowest BCUT2D eigenvalue weighted by molar-refractivity contribution is 0.102.